The van der Waals surface area contributed by atoms with Gasteiger partial charge in [-0.1, -0.05) is 29.5 Å². The summed E-state index contributed by atoms with van der Waals surface area (Å²) in [6.07, 6.45) is 0. The van der Waals surface area contributed by atoms with Crippen LogP contribution in [0.25, 0.3) is 10.2 Å². The first kappa shape index (κ1) is 15.1. The zero-order valence-electron chi connectivity index (χ0n) is 12.6. The fraction of sp³-hybridized carbons (Fsp3) is 0.125. The summed E-state index contributed by atoms with van der Waals surface area (Å²) in [6, 6.07) is 12.5. The van der Waals surface area contributed by atoms with Crippen LogP contribution in [0.3, 0.4) is 0 Å². The van der Waals surface area contributed by atoms with Crippen LogP contribution in [-0.2, 0) is 0 Å². The van der Waals surface area contributed by atoms with E-state index in [4.69, 9.17) is 9.47 Å². The number of ether oxygens (including phenoxy) is 2. The molecular weight excluding hydrogens is 314 g/mol. The van der Waals surface area contributed by atoms with Gasteiger partial charge in [-0.2, -0.15) is 0 Å². The molecule has 6 nitrogen and oxygen atoms in total. The molecule has 2 aromatic carbocycles. The van der Waals surface area contributed by atoms with Crippen molar-refractivity contribution < 1.29 is 14.3 Å². The molecule has 2 amide bonds. The van der Waals surface area contributed by atoms with Gasteiger partial charge in [-0.3, -0.25) is 5.32 Å². The number of methoxy groups -OCH3 is 2. The number of urea groups is 1. The van der Waals surface area contributed by atoms with Gasteiger partial charge in [0, 0.05) is 17.8 Å². The molecule has 0 aliphatic rings. The number of thiazole rings is 1. The van der Waals surface area contributed by atoms with E-state index in [0.29, 0.717) is 27.8 Å². The number of carbonyl (C=O) groups excluding carboxylic acids is 1. The van der Waals surface area contributed by atoms with Crippen molar-refractivity contribution in [3.05, 3.63) is 42.5 Å². The van der Waals surface area contributed by atoms with E-state index in [1.807, 2.05) is 30.3 Å². The van der Waals surface area contributed by atoms with Crippen molar-refractivity contribution in [3.8, 4) is 11.5 Å². The quantitative estimate of drug-likeness (QED) is 0.760. The molecule has 0 radical (unpaired) electrons. The van der Waals surface area contributed by atoms with Gasteiger partial charge in [0.1, 0.15) is 11.5 Å². The molecule has 1 heterocycles. The average Bonchev–Trinajstić information content (AvgIpc) is 2.96. The third kappa shape index (κ3) is 3.35. The highest BCUT2D eigenvalue weighted by molar-refractivity contribution is 7.22. The lowest BCUT2D eigenvalue weighted by Gasteiger charge is -2.04. The third-order valence-electron chi connectivity index (χ3n) is 3.14. The summed E-state index contributed by atoms with van der Waals surface area (Å²) >= 11 is 1.34. The molecule has 1 aromatic heterocycles. The molecule has 0 unspecified atom stereocenters. The predicted octanol–water partition coefficient (Wildman–Crippen LogP) is 3.96. The van der Waals surface area contributed by atoms with Gasteiger partial charge in [0.25, 0.3) is 0 Å². The Morgan fingerprint density at radius 1 is 1.09 bits per heavy atom. The molecule has 0 aliphatic carbocycles. The molecule has 0 saturated carbocycles. The Morgan fingerprint density at radius 2 is 1.87 bits per heavy atom. The maximum Gasteiger partial charge on any atom is 0.325 e. The Kier molecular flexibility index (Phi) is 4.29. The lowest BCUT2D eigenvalue weighted by atomic mass is 10.3. The zero-order valence-corrected chi connectivity index (χ0v) is 13.4. The van der Waals surface area contributed by atoms with Crippen molar-refractivity contribution >= 4 is 38.4 Å². The molecule has 23 heavy (non-hydrogen) atoms. The van der Waals surface area contributed by atoms with Crippen molar-refractivity contribution in [1.29, 1.82) is 0 Å². The first-order valence-corrected chi connectivity index (χ1v) is 7.67. The highest BCUT2D eigenvalue weighted by Crippen LogP contribution is 2.37. The van der Waals surface area contributed by atoms with Crippen LogP contribution in [0.15, 0.2) is 42.5 Å². The lowest BCUT2D eigenvalue weighted by Crippen LogP contribution is -2.19. The summed E-state index contributed by atoms with van der Waals surface area (Å²) in [5, 5.41) is 5.96. The fourth-order valence-corrected chi connectivity index (χ4v) is 3.01. The Morgan fingerprint density at radius 3 is 2.57 bits per heavy atom. The van der Waals surface area contributed by atoms with Gasteiger partial charge in [-0.15, -0.1) is 0 Å². The number of amides is 2. The van der Waals surface area contributed by atoms with E-state index < -0.39 is 0 Å². The van der Waals surface area contributed by atoms with Crippen LogP contribution >= 0.6 is 11.3 Å². The van der Waals surface area contributed by atoms with Crippen LogP contribution in [-0.4, -0.2) is 25.2 Å². The topological polar surface area (TPSA) is 72.5 Å². The van der Waals surface area contributed by atoms with Crippen molar-refractivity contribution in [2.45, 2.75) is 0 Å². The Labute approximate surface area is 137 Å². The lowest BCUT2D eigenvalue weighted by molar-refractivity contribution is 0.262. The summed E-state index contributed by atoms with van der Waals surface area (Å²) < 4.78 is 11.4. The van der Waals surface area contributed by atoms with E-state index in [0.717, 1.165) is 4.70 Å². The monoisotopic (exact) mass is 329 g/mol. The second kappa shape index (κ2) is 6.53. The van der Waals surface area contributed by atoms with Gasteiger partial charge >= 0.3 is 6.03 Å². The molecule has 3 rings (SSSR count). The zero-order chi connectivity index (χ0) is 16.2. The maximum atomic E-state index is 12.0. The molecular formula is C16H15N3O3S. The predicted molar refractivity (Wildman–Crippen MR) is 91.8 cm³/mol. The number of nitrogens with one attached hydrogen (secondary N) is 2. The van der Waals surface area contributed by atoms with Gasteiger partial charge in [0.2, 0.25) is 0 Å². The van der Waals surface area contributed by atoms with E-state index in [9.17, 15) is 4.79 Å². The van der Waals surface area contributed by atoms with Gasteiger partial charge in [0.15, 0.2) is 5.13 Å². The van der Waals surface area contributed by atoms with Crippen molar-refractivity contribution in [2.24, 2.45) is 0 Å². The SMILES string of the molecule is COc1cc(OC)c2sc(NC(=O)Nc3ccccc3)nc2c1. The number of hydrogen-bond donors (Lipinski definition) is 2. The van der Waals surface area contributed by atoms with E-state index in [1.165, 1.54) is 11.3 Å². The molecule has 0 bridgehead atoms. The van der Waals surface area contributed by atoms with Crippen molar-refractivity contribution in [1.82, 2.24) is 4.98 Å². The van der Waals surface area contributed by atoms with Crippen LogP contribution in [0, 0.1) is 0 Å². The maximum absolute atomic E-state index is 12.0. The van der Waals surface area contributed by atoms with Crippen molar-refractivity contribution in [2.75, 3.05) is 24.9 Å². The number of para-hydroxylation sites is 1. The highest BCUT2D eigenvalue weighted by atomic mass is 32.1. The number of anilines is 2. The normalized spacial score (nSPS) is 10.3. The molecule has 2 N–H and O–H groups in total. The third-order valence-corrected chi connectivity index (χ3v) is 4.14. The Balaban J connectivity index is 1.82. The first-order valence-electron chi connectivity index (χ1n) is 6.85. The van der Waals surface area contributed by atoms with Crippen LogP contribution in [0.2, 0.25) is 0 Å². The fourth-order valence-electron chi connectivity index (χ4n) is 2.08. The molecule has 0 atom stereocenters. The number of carbonyl (C=O) groups is 1. The van der Waals surface area contributed by atoms with Gasteiger partial charge in [-0.05, 0) is 12.1 Å². The summed E-state index contributed by atoms with van der Waals surface area (Å²) in [5.74, 6) is 1.31. The van der Waals surface area contributed by atoms with Gasteiger partial charge in [-0.25, -0.2) is 9.78 Å². The first-order chi connectivity index (χ1) is 11.2. The average molecular weight is 329 g/mol. The molecule has 0 fully saturated rings. The summed E-state index contributed by atoms with van der Waals surface area (Å²) in [7, 11) is 3.17. The van der Waals surface area contributed by atoms with Crippen molar-refractivity contribution in [3.63, 3.8) is 0 Å². The number of fused-ring (bicyclic) bond motifs is 1. The Bertz CT molecular complexity index is 833. The molecule has 3 aromatic rings. The second-order valence-electron chi connectivity index (χ2n) is 4.64. The van der Waals surface area contributed by atoms with Crippen LogP contribution in [0.1, 0.15) is 0 Å². The molecule has 0 saturated heterocycles. The van der Waals surface area contributed by atoms with Crippen LogP contribution in [0.5, 0.6) is 11.5 Å². The standard InChI is InChI=1S/C16H15N3O3S/c1-21-11-8-12-14(13(9-11)22-2)23-16(18-12)19-15(20)17-10-6-4-3-5-7-10/h3-9H,1-2H3,(H2,17,18,19,20). The number of hydrogen-bond acceptors (Lipinski definition) is 5. The van der Waals surface area contributed by atoms with Gasteiger partial charge in [0.05, 0.1) is 24.4 Å². The summed E-state index contributed by atoms with van der Waals surface area (Å²) in [4.78, 5) is 16.4. The number of aromatic nitrogens is 1. The van der Waals surface area contributed by atoms with E-state index in [2.05, 4.69) is 15.6 Å². The Hall–Kier alpha value is -2.80. The van der Waals surface area contributed by atoms with Gasteiger partial charge < -0.3 is 14.8 Å². The van der Waals surface area contributed by atoms with E-state index >= 15 is 0 Å². The number of benzene rings is 2. The minimum absolute atomic E-state index is 0.346. The number of rotatable bonds is 4. The molecule has 7 heteroatoms. The van der Waals surface area contributed by atoms with E-state index in [-0.39, 0.29) is 6.03 Å². The minimum Gasteiger partial charge on any atom is -0.497 e. The van der Waals surface area contributed by atoms with Crippen LogP contribution in [0.4, 0.5) is 15.6 Å². The molecule has 0 aliphatic heterocycles. The summed E-state index contributed by atoms with van der Waals surface area (Å²) in [5.41, 5.74) is 1.42. The van der Waals surface area contributed by atoms with E-state index in [1.54, 1.807) is 26.4 Å². The summed E-state index contributed by atoms with van der Waals surface area (Å²) in [6.45, 7) is 0. The minimum atomic E-state index is -0.346. The smallest absolute Gasteiger partial charge is 0.325 e. The highest BCUT2D eigenvalue weighted by Gasteiger charge is 2.13. The molecule has 118 valence electrons. The number of nitrogens with zero attached hydrogens (tertiary/aromatic N) is 1. The largest absolute Gasteiger partial charge is 0.497 e. The van der Waals surface area contributed by atoms with Crippen LogP contribution < -0.4 is 20.1 Å². The molecule has 0 spiro atoms. The second-order valence-corrected chi connectivity index (χ2v) is 5.64.